The zero-order valence-electron chi connectivity index (χ0n) is 16.0. The van der Waals surface area contributed by atoms with E-state index in [-0.39, 0.29) is 18.0 Å². The van der Waals surface area contributed by atoms with E-state index in [1.807, 2.05) is 18.2 Å². The fraction of sp³-hybridized carbons (Fsp3) is 0.550. The maximum absolute atomic E-state index is 12.6. The first-order chi connectivity index (χ1) is 13.0. The number of amides is 1. The van der Waals surface area contributed by atoms with Gasteiger partial charge in [-0.05, 0) is 37.4 Å². The van der Waals surface area contributed by atoms with Gasteiger partial charge in [0.15, 0.2) is 6.04 Å². The highest BCUT2D eigenvalue weighted by Crippen LogP contribution is 2.25. The lowest BCUT2D eigenvalue weighted by Crippen LogP contribution is -2.43. The molecule has 1 aromatic rings. The first-order valence-corrected chi connectivity index (χ1v) is 9.62. The van der Waals surface area contributed by atoms with E-state index in [9.17, 15) is 14.7 Å². The molecule has 0 radical (unpaired) electrons. The number of nitrogens with one attached hydrogen (secondary N) is 1. The Labute approximate surface area is 160 Å². The van der Waals surface area contributed by atoms with Crippen molar-refractivity contribution in [3.8, 4) is 0 Å². The van der Waals surface area contributed by atoms with Gasteiger partial charge in [-0.25, -0.2) is 4.79 Å². The molecule has 1 saturated heterocycles. The summed E-state index contributed by atoms with van der Waals surface area (Å²) in [4.78, 5) is 26.6. The van der Waals surface area contributed by atoms with Crippen LogP contribution < -0.4 is 10.3 Å². The lowest BCUT2D eigenvalue weighted by atomic mass is 10.1. The average molecular weight is 372 g/mol. The highest BCUT2D eigenvalue weighted by atomic mass is 16.4. The van der Waals surface area contributed by atoms with E-state index in [2.05, 4.69) is 29.2 Å². The van der Waals surface area contributed by atoms with Crippen molar-refractivity contribution < 1.29 is 14.7 Å². The molecular weight excluding hydrogens is 344 g/mol. The number of carbonyl (C=O) groups excluding carboxylic acids is 1. The second-order valence-electron chi connectivity index (χ2n) is 7.68. The maximum atomic E-state index is 12.6. The van der Waals surface area contributed by atoms with Gasteiger partial charge in [-0.1, -0.05) is 32.0 Å². The number of hydrogen-bond donors (Lipinski definition) is 2. The van der Waals surface area contributed by atoms with Crippen LogP contribution in [0.2, 0.25) is 0 Å². The summed E-state index contributed by atoms with van der Waals surface area (Å²) in [6.45, 7) is 7.08. The molecule has 0 aromatic heterocycles. The van der Waals surface area contributed by atoms with Crippen LogP contribution in [0.5, 0.6) is 0 Å². The Morgan fingerprint density at radius 2 is 2.04 bits per heavy atom. The minimum absolute atomic E-state index is 0.108. The number of rotatable bonds is 7. The second kappa shape index (κ2) is 8.52. The van der Waals surface area contributed by atoms with Gasteiger partial charge in [-0.2, -0.15) is 5.10 Å². The standard InChI is InChI=1S/C20H28N4O3/c1-14(2)13-23-10-6-9-16(23)12-21-19(25)17-11-18(20(26)27)24(22-17)15-7-4-3-5-8-15/h3-5,7-8,14,16,18H,6,9-13H2,1-2H3,(H,21,25)(H,26,27)/t16-,18?/m1/s1. The minimum Gasteiger partial charge on any atom is -0.480 e. The lowest BCUT2D eigenvalue weighted by Gasteiger charge is -2.26. The SMILES string of the molecule is CC(C)CN1CCC[C@@H]1CNC(=O)C1=NN(c2ccccc2)C(C(=O)O)C1. The molecule has 3 rings (SSSR count). The summed E-state index contributed by atoms with van der Waals surface area (Å²) in [5.74, 6) is -0.656. The lowest BCUT2D eigenvalue weighted by molar-refractivity contribution is -0.138. The maximum Gasteiger partial charge on any atom is 0.328 e. The number of nitrogens with zero attached hydrogens (tertiary/aromatic N) is 3. The summed E-state index contributed by atoms with van der Waals surface area (Å²) < 4.78 is 0. The minimum atomic E-state index is -0.982. The summed E-state index contributed by atoms with van der Waals surface area (Å²) in [5, 5.41) is 18.2. The van der Waals surface area contributed by atoms with Gasteiger partial charge in [0.25, 0.3) is 5.91 Å². The van der Waals surface area contributed by atoms with E-state index in [0.717, 1.165) is 25.9 Å². The van der Waals surface area contributed by atoms with E-state index in [1.54, 1.807) is 12.1 Å². The van der Waals surface area contributed by atoms with Crippen molar-refractivity contribution in [1.82, 2.24) is 10.2 Å². The third-order valence-corrected chi connectivity index (χ3v) is 5.08. The molecule has 7 heteroatoms. The van der Waals surface area contributed by atoms with Crippen LogP contribution in [0.1, 0.15) is 33.1 Å². The molecule has 1 fully saturated rings. The molecule has 2 heterocycles. The van der Waals surface area contributed by atoms with Crippen molar-refractivity contribution in [2.45, 2.75) is 45.2 Å². The van der Waals surface area contributed by atoms with Crippen molar-refractivity contribution in [1.29, 1.82) is 0 Å². The molecular formula is C20H28N4O3. The zero-order valence-corrected chi connectivity index (χ0v) is 16.0. The number of anilines is 1. The topological polar surface area (TPSA) is 85.2 Å². The van der Waals surface area contributed by atoms with E-state index >= 15 is 0 Å². The first-order valence-electron chi connectivity index (χ1n) is 9.62. The molecule has 0 aliphatic carbocycles. The number of carbonyl (C=O) groups is 2. The highest BCUT2D eigenvalue weighted by molar-refractivity contribution is 6.40. The number of carboxylic acids is 1. The summed E-state index contributed by atoms with van der Waals surface area (Å²) >= 11 is 0. The molecule has 1 unspecified atom stereocenters. The molecule has 0 saturated carbocycles. The molecule has 146 valence electrons. The number of carboxylic acid groups (broad SMARTS) is 1. The van der Waals surface area contributed by atoms with Crippen LogP contribution in [-0.2, 0) is 9.59 Å². The quantitative estimate of drug-likeness (QED) is 0.764. The van der Waals surface area contributed by atoms with Gasteiger partial charge in [0.2, 0.25) is 0 Å². The molecule has 1 amide bonds. The van der Waals surface area contributed by atoms with Gasteiger partial charge in [-0.3, -0.25) is 14.7 Å². The molecule has 0 bridgehead atoms. The van der Waals surface area contributed by atoms with Crippen LogP contribution in [0.3, 0.4) is 0 Å². The van der Waals surface area contributed by atoms with Crippen LogP contribution in [0.4, 0.5) is 5.69 Å². The summed E-state index contributed by atoms with van der Waals surface area (Å²) in [5.41, 5.74) is 0.950. The van der Waals surface area contributed by atoms with Crippen LogP contribution in [0.25, 0.3) is 0 Å². The number of aliphatic carboxylic acids is 1. The predicted molar refractivity (Wildman–Crippen MR) is 105 cm³/mol. The Morgan fingerprint density at radius 3 is 2.70 bits per heavy atom. The smallest absolute Gasteiger partial charge is 0.328 e. The number of hydrazone groups is 1. The van der Waals surface area contributed by atoms with Crippen molar-refractivity contribution >= 4 is 23.3 Å². The van der Waals surface area contributed by atoms with E-state index in [1.165, 1.54) is 5.01 Å². The van der Waals surface area contributed by atoms with Crippen molar-refractivity contribution in [3.05, 3.63) is 30.3 Å². The van der Waals surface area contributed by atoms with Crippen molar-refractivity contribution in [3.63, 3.8) is 0 Å². The number of benzene rings is 1. The fourth-order valence-corrected chi connectivity index (χ4v) is 3.81. The molecule has 2 aliphatic rings. The van der Waals surface area contributed by atoms with Crippen LogP contribution in [0, 0.1) is 5.92 Å². The number of para-hydroxylation sites is 1. The van der Waals surface area contributed by atoms with Crippen LogP contribution in [0.15, 0.2) is 35.4 Å². The van der Waals surface area contributed by atoms with Crippen molar-refractivity contribution in [2.24, 2.45) is 11.0 Å². The Kier molecular flexibility index (Phi) is 6.11. The normalized spacial score (nSPS) is 22.9. The largest absolute Gasteiger partial charge is 0.480 e. The average Bonchev–Trinajstić information content (AvgIpc) is 3.27. The molecule has 7 nitrogen and oxygen atoms in total. The molecule has 1 aromatic carbocycles. The van der Waals surface area contributed by atoms with E-state index < -0.39 is 12.0 Å². The summed E-state index contributed by atoms with van der Waals surface area (Å²) in [7, 11) is 0. The van der Waals surface area contributed by atoms with E-state index in [0.29, 0.717) is 24.2 Å². The molecule has 2 aliphatic heterocycles. The summed E-state index contributed by atoms with van der Waals surface area (Å²) in [6.07, 6.45) is 2.33. The van der Waals surface area contributed by atoms with Gasteiger partial charge in [-0.15, -0.1) is 0 Å². The monoisotopic (exact) mass is 372 g/mol. The van der Waals surface area contributed by atoms with Gasteiger partial charge >= 0.3 is 5.97 Å². The van der Waals surface area contributed by atoms with Crippen molar-refractivity contribution in [2.75, 3.05) is 24.6 Å². The van der Waals surface area contributed by atoms with Gasteiger partial charge in [0.1, 0.15) is 5.71 Å². The zero-order chi connectivity index (χ0) is 19.4. The summed E-state index contributed by atoms with van der Waals surface area (Å²) in [6, 6.07) is 8.59. The Hall–Kier alpha value is -2.41. The molecule has 2 N–H and O–H groups in total. The Bertz CT molecular complexity index is 704. The first kappa shape index (κ1) is 19.4. The van der Waals surface area contributed by atoms with Crippen LogP contribution >= 0.6 is 0 Å². The fourth-order valence-electron chi connectivity index (χ4n) is 3.81. The van der Waals surface area contributed by atoms with E-state index in [4.69, 9.17) is 0 Å². The number of hydrogen-bond acceptors (Lipinski definition) is 5. The Balaban J connectivity index is 1.63. The Morgan fingerprint density at radius 1 is 1.30 bits per heavy atom. The second-order valence-corrected chi connectivity index (χ2v) is 7.68. The van der Waals surface area contributed by atoms with Crippen LogP contribution in [-0.4, -0.2) is 59.3 Å². The highest BCUT2D eigenvalue weighted by Gasteiger charge is 2.36. The van der Waals surface area contributed by atoms with Gasteiger partial charge in [0, 0.05) is 25.6 Å². The number of likely N-dealkylation sites (tertiary alicyclic amines) is 1. The van der Waals surface area contributed by atoms with Gasteiger partial charge in [0.05, 0.1) is 5.69 Å². The third-order valence-electron chi connectivity index (χ3n) is 5.08. The molecule has 0 spiro atoms. The molecule has 27 heavy (non-hydrogen) atoms. The predicted octanol–water partition coefficient (Wildman–Crippen LogP) is 1.94. The molecule has 2 atom stereocenters. The van der Waals surface area contributed by atoms with Gasteiger partial charge < -0.3 is 10.4 Å². The third kappa shape index (κ3) is 4.66.